The monoisotopic (exact) mass is 336 g/mol. The fourth-order valence-electron chi connectivity index (χ4n) is 2.29. The summed E-state index contributed by atoms with van der Waals surface area (Å²) in [4.78, 5) is -0.485. The van der Waals surface area contributed by atoms with Crippen molar-refractivity contribution in [1.82, 2.24) is 4.72 Å². The third-order valence-electron chi connectivity index (χ3n) is 3.87. The minimum Gasteiger partial charge on any atom is -0.377 e. The Labute approximate surface area is 128 Å². The first-order valence-corrected chi connectivity index (χ1v) is 8.42. The van der Waals surface area contributed by atoms with Crippen LogP contribution in [0.2, 0.25) is 5.02 Å². The van der Waals surface area contributed by atoms with Crippen molar-refractivity contribution in [3.05, 3.63) is 28.5 Å². The minimum absolute atomic E-state index is 0.0629. The molecule has 0 aliphatic heterocycles. The van der Waals surface area contributed by atoms with Crippen molar-refractivity contribution < 1.29 is 17.5 Å². The lowest BCUT2D eigenvalue weighted by Gasteiger charge is -2.40. The molecule has 0 amide bonds. The predicted molar refractivity (Wildman–Crippen MR) is 78.1 cm³/mol. The standard InChI is InChI=1S/C13H18ClFN2O3S/c1-20-13(3-2-4-13)8-17-21(18,19)11-6-10(14)5-9(7-16)12(11)15/h5-6,17H,2-4,7-8,16H2,1H3. The normalized spacial score (nSPS) is 17.5. The highest BCUT2D eigenvalue weighted by Crippen LogP contribution is 2.34. The maximum Gasteiger partial charge on any atom is 0.243 e. The second kappa shape index (κ2) is 6.18. The molecule has 1 saturated carbocycles. The molecule has 1 fully saturated rings. The van der Waals surface area contributed by atoms with Crippen LogP contribution in [0.15, 0.2) is 17.0 Å². The molecule has 3 N–H and O–H groups in total. The highest BCUT2D eigenvalue weighted by Gasteiger charge is 2.38. The average molecular weight is 337 g/mol. The molecule has 5 nitrogen and oxygen atoms in total. The van der Waals surface area contributed by atoms with E-state index in [2.05, 4.69) is 4.72 Å². The van der Waals surface area contributed by atoms with Crippen LogP contribution in [0.1, 0.15) is 24.8 Å². The highest BCUT2D eigenvalue weighted by atomic mass is 35.5. The first-order valence-electron chi connectivity index (χ1n) is 6.56. The van der Waals surface area contributed by atoms with Crippen molar-refractivity contribution in [1.29, 1.82) is 0 Å². The quantitative estimate of drug-likeness (QED) is 0.829. The summed E-state index contributed by atoms with van der Waals surface area (Å²) in [5, 5.41) is 0.127. The van der Waals surface area contributed by atoms with E-state index in [4.69, 9.17) is 22.1 Å². The number of methoxy groups -OCH3 is 1. The predicted octanol–water partition coefficient (Wildman–Crippen LogP) is 1.79. The van der Waals surface area contributed by atoms with Crippen molar-refractivity contribution in [2.75, 3.05) is 13.7 Å². The number of benzene rings is 1. The van der Waals surface area contributed by atoms with Crippen molar-refractivity contribution in [2.45, 2.75) is 36.3 Å². The molecule has 0 heterocycles. The summed E-state index contributed by atoms with van der Waals surface area (Å²) in [7, 11) is -2.47. The van der Waals surface area contributed by atoms with Gasteiger partial charge in [0.05, 0.1) is 5.60 Å². The molecule has 0 saturated heterocycles. The van der Waals surface area contributed by atoms with E-state index >= 15 is 0 Å². The van der Waals surface area contributed by atoms with Gasteiger partial charge >= 0.3 is 0 Å². The summed E-state index contributed by atoms with van der Waals surface area (Å²) >= 11 is 5.82. The molecular formula is C13H18ClFN2O3S. The van der Waals surface area contributed by atoms with Gasteiger partial charge in [0.25, 0.3) is 0 Å². The van der Waals surface area contributed by atoms with Gasteiger partial charge in [-0.05, 0) is 31.4 Å². The maximum atomic E-state index is 14.2. The Morgan fingerprint density at radius 3 is 2.62 bits per heavy atom. The molecular weight excluding hydrogens is 319 g/mol. The van der Waals surface area contributed by atoms with Crippen LogP contribution in [-0.4, -0.2) is 27.7 Å². The number of ether oxygens (including phenoxy) is 1. The van der Waals surface area contributed by atoms with E-state index in [9.17, 15) is 12.8 Å². The fraction of sp³-hybridized carbons (Fsp3) is 0.538. The van der Waals surface area contributed by atoms with Crippen LogP contribution in [0.5, 0.6) is 0 Å². The van der Waals surface area contributed by atoms with Gasteiger partial charge in [-0.25, -0.2) is 17.5 Å². The van der Waals surface area contributed by atoms with Crippen LogP contribution in [0.25, 0.3) is 0 Å². The Balaban J connectivity index is 2.25. The molecule has 0 atom stereocenters. The molecule has 1 aromatic carbocycles. The summed E-state index contributed by atoms with van der Waals surface area (Å²) < 4.78 is 46.4. The van der Waals surface area contributed by atoms with Gasteiger partial charge in [0.2, 0.25) is 10.0 Å². The van der Waals surface area contributed by atoms with E-state index < -0.39 is 26.3 Å². The van der Waals surface area contributed by atoms with Crippen LogP contribution < -0.4 is 10.5 Å². The van der Waals surface area contributed by atoms with Gasteiger partial charge < -0.3 is 10.5 Å². The van der Waals surface area contributed by atoms with Crippen LogP contribution in [-0.2, 0) is 21.3 Å². The van der Waals surface area contributed by atoms with Gasteiger partial charge in [-0.2, -0.15) is 0 Å². The Hall–Kier alpha value is -0.730. The topological polar surface area (TPSA) is 81.4 Å². The zero-order valence-electron chi connectivity index (χ0n) is 11.7. The van der Waals surface area contributed by atoms with Crippen molar-refractivity contribution in [2.24, 2.45) is 5.73 Å². The van der Waals surface area contributed by atoms with Gasteiger partial charge in [0.15, 0.2) is 0 Å². The molecule has 21 heavy (non-hydrogen) atoms. The van der Waals surface area contributed by atoms with Gasteiger partial charge in [0, 0.05) is 30.8 Å². The molecule has 118 valence electrons. The second-order valence-electron chi connectivity index (χ2n) is 5.15. The van der Waals surface area contributed by atoms with E-state index in [0.29, 0.717) is 0 Å². The molecule has 1 aliphatic rings. The third kappa shape index (κ3) is 3.37. The minimum atomic E-state index is -4.01. The van der Waals surface area contributed by atoms with E-state index in [1.807, 2.05) is 0 Å². The molecule has 1 aliphatic carbocycles. The Bertz CT molecular complexity index is 627. The Kier molecular flexibility index (Phi) is 4.89. The van der Waals surface area contributed by atoms with Crippen molar-refractivity contribution in [3.63, 3.8) is 0 Å². The Morgan fingerprint density at radius 2 is 2.14 bits per heavy atom. The molecule has 0 spiro atoms. The lowest BCUT2D eigenvalue weighted by Crippen LogP contribution is -2.49. The van der Waals surface area contributed by atoms with E-state index in [1.165, 1.54) is 6.07 Å². The zero-order valence-corrected chi connectivity index (χ0v) is 13.2. The molecule has 1 aromatic rings. The zero-order chi connectivity index (χ0) is 15.7. The number of rotatable bonds is 6. The van der Waals surface area contributed by atoms with Gasteiger partial charge in [-0.15, -0.1) is 0 Å². The number of hydrogen-bond acceptors (Lipinski definition) is 4. The van der Waals surface area contributed by atoms with E-state index in [0.717, 1.165) is 25.3 Å². The molecule has 0 aromatic heterocycles. The number of nitrogens with two attached hydrogens (primary N) is 1. The lowest BCUT2D eigenvalue weighted by atomic mass is 9.80. The van der Waals surface area contributed by atoms with Crippen LogP contribution >= 0.6 is 11.6 Å². The molecule has 0 unspecified atom stereocenters. The van der Waals surface area contributed by atoms with Crippen molar-refractivity contribution in [3.8, 4) is 0 Å². The van der Waals surface area contributed by atoms with Crippen LogP contribution in [0.3, 0.4) is 0 Å². The fourth-order valence-corrected chi connectivity index (χ4v) is 3.85. The number of hydrogen-bond donors (Lipinski definition) is 2. The van der Waals surface area contributed by atoms with Gasteiger partial charge in [0.1, 0.15) is 10.7 Å². The Morgan fingerprint density at radius 1 is 1.48 bits per heavy atom. The first-order chi connectivity index (χ1) is 9.83. The van der Waals surface area contributed by atoms with Gasteiger partial charge in [-0.1, -0.05) is 11.6 Å². The average Bonchev–Trinajstić information content (AvgIpc) is 2.40. The smallest absolute Gasteiger partial charge is 0.243 e. The third-order valence-corrected chi connectivity index (χ3v) is 5.49. The molecule has 0 bridgehead atoms. The SMILES string of the molecule is COC1(CNS(=O)(=O)c2cc(Cl)cc(CN)c2F)CCC1. The maximum absolute atomic E-state index is 14.2. The van der Waals surface area contributed by atoms with Gasteiger partial charge in [-0.3, -0.25) is 0 Å². The summed E-state index contributed by atoms with van der Waals surface area (Å²) in [6.45, 7) is -0.0212. The molecule has 0 radical (unpaired) electrons. The van der Waals surface area contributed by atoms with E-state index in [1.54, 1.807) is 7.11 Å². The number of halogens is 2. The molecule has 8 heteroatoms. The largest absolute Gasteiger partial charge is 0.377 e. The summed E-state index contributed by atoms with van der Waals surface area (Å²) in [5.41, 5.74) is 4.97. The van der Waals surface area contributed by atoms with Crippen molar-refractivity contribution >= 4 is 21.6 Å². The number of sulfonamides is 1. The van der Waals surface area contributed by atoms with Crippen LogP contribution in [0.4, 0.5) is 4.39 Å². The molecule has 2 rings (SSSR count). The lowest BCUT2D eigenvalue weighted by molar-refractivity contribution is -0.0659. The first kappa shape index (κ1) is 16.6. The van der Waals surface area contributed by atoms with E-state index in [-0.39, 0.29) is 23.7 Å². The second-order valence-corrected chi connectivity index (χ2v) is 7.32. The van der Waals surface area contributed by atoms with Crippen LogP contribution in [0, 0.1) is 5.82 Å². The highest BCUT2D eigenvalue weighted by molar-refractivity contribution is 7.89. The summed E-state index contributed by atoms with van der Waals surface area (Å²) in [6, 6.07) is 2.40. The summed E-state index contributed by atoms with van der Waals surface area (Å²) in [5.74, 6) is -0.866. The number of nitrogens with one attached hydrogen (secondary N) is 1. The summed E-state index contributed by atoms with van der Waals surface area (Å²) in [6.07, 6.45) is 2.54.